The van der Waals surface area contributed by atoms with Crippen LogP contribution in [0.25, 0.3) is 11.0 Å². The van der Waals surface area contributed by atoms with Gasteiger partial charge >= 0.3 is 0 Å². The van der Waals surface area contributed by atoms with E-state index in [1.165, 1.54) is 32.1 Å². The molecule has 29 heavy (non-hydrogen) atoms. The number of nitrogen functional groups attached to an aromatic ring is 1. The molecule has 0 unspecified atom stereocenters. The van der Waals surface area contributed by atoms with Gasteiger partial charge in [0.05, 0.1) is 10.9 Å². The standard InChI is InChI=1S/C23H26N4O2/c24-22-18(21(28)17-8-4-5-9-20(17)29-22)14-27-11-10-19-16(13-27)12-25-23(26-19)15-6-2-1-3-7-15/h4-5,8-9,12,15H,1-3,6-7,10-11,13-14,24H2. The average Bonchev–Trinajstić information content (AvgIpc) is 2.77. The molecular formula is C23H26N4O2. The molecule has 5 rings (SSSR count). The minimum absolute atomic E-state index is 0.0426. The molecule has 1 fully saturated rings. The molecule has 0 amide bonds. The largest absolute Gasteiger partial charge is 0.440 e. The predicted octanol–water partition coefficient (Wildman–Crippen LogP) is 3.77. The first kappa shape index (κ1) is 18.3. The summed E-state index contributed by atoms with van der Waals surface area (Å²) < 4.78 is 5.69. The van der Waals surface area contributed by atoms with Crippen molar-refractivity contribution >= 4 is 16.9 Å². The monoisotopic (exact) mass is 390 g/mol. The van der Waals surface area contributed by atoms with E-state index in [-0.39, 0.29) is 11.3 Å². The van der Waals surface area contributed by atoms with Crippen LogP contribution in [0.2, 0.25) is 0 Å². The molecule has 6 heteroatoms. The molecule has 1 aliphatic heterocycles. The highest BCUT2D eigenvalue weighted by atomic mass is 16.3. The Hall–Kier alpha value is -2.73. The van der Waals surface area contributed by atoms with E-state index in [0.29, 0.717) is 29.0 Å². The van der Waals surface area contributed by atoms with Crippen LogP contribution in [0.1, 0.15) is 60.7 Å². The molecule has 2 N–H and O–H groups in total. The number of hydrogen-bond donors (Lipinski definition) is 1. The number of hydrogen-bond acceptors (Lipinski definition) is 6. The SMILES string of the molecule is Nc1oc2ccccc2c(=O)c1CN1CCc2nc(C3CCCCC3)ncc2C1. The first-order valence-corrected chi connectivity index (χ1v) is 10.6. The van der Waals surface area contributed by atoms with Crippen molar-refractivity contribution in [2.24, 2.45) is 0 Å². The fourth-order valence-corrected chi connectivity index (χ4v) is 4.65. The second-order valence-corrected chi connectivity index (χ2v) is 8.27. The van der Waals surface area contributed by atoms with Crippen LogP contribution in [0.5, 0.6) is 0 Å². The molecule has 2 aromatic heterocycles. The highest BCUT2D eigenvalue weighted by molar-refractivity contribution is 5.78. The number of benzene rings is 1. The zero-order valence-corrected chi connectivity index (χ0v) is 16.6. The van der Waals surface area contributed by atoms with Crippen LogP contribution in [0.15, 0.2) is 39.7 Å². The van der Waals surface area contributed by atoms with Crippen molar-refractivity contribution in [1.29, 1.82) is 0 Å². The Morgan fingerprint density at radius 3 is 2.86 bits per heavy atom. The Bertz CT molecular complexity index is 1100. The van der Waals surface area contributed by atoms with Crippen molar-refractivity contribution in [2.75, 3.05) is 12.3 Å². The lowest BCUT2D eigenvalue weighted by atomic mass is 9.88. The Labute approximate surface area is 169 Å². The lowest BCUT2D eigenvalue weighted by Crippen LogP contribution is -2.33. The molecule has 0 bridgehead atoms. The van der Waals surface area contributed by atoms with Crippen LogP contribution >= 0.6 is 0 Å². The number of nitrogens with zero attached hydrogens (tertiary/aromatic N) is 3. The van der Waals surface area contributed by atoms with E-state index >= 15 is 0 Å². The summed E-state index contributed by atoms with van der Waals surface area (Å²) in [7, 11) is 0. The summed E-state index contributed by atoms with van der Waals surface area (Å²) >= 11 is 0. The highest BCUT2D eigenvalue weighted by Gasteiger charge is 2.24. The average molecular weight is 390 g/mol. The normalized spacial score (nSPS) is 18.1. The van der Waals surface area contributed by atoms with Gasteiger partial charge in [0, 0.05) is 49.4 Å². The van der Waals surface area contributed by atoms with E-state index in [1.807, 2.05) is 18.3 Å². The molecule has 0 radical (unpaired) electrons. The van der Waals surface area contributed by atoms with Crippen molar-refractivity contribution in [1.82, 2.24) is 14.9 Å². The Morgan fingerprint density at radius 1 is 1.17 bits per heavy atom. The second kappa shape index (κ2) is 7.59. The molecule has 1 saturated carbocycles. The third-order valence-corrected chi connectivity index (χ3v) is 6.31. The van der Waals surface area contributed by atoms with Crippen LogP contribution in [0, 0.1) is 0 Å². The highest BCUT2D eigenvalue weighted by Crippen LogP contribution is 2.31. The first-order valence-electron chi connectivity index (χ1n) is 10.6. The molecule has 3 heterocycles. The van der Waals surface area contributed by atoms with Crippen LogP contribution in [-0.2, 0) is 19.5 Å². The molecule has 1 aliphatic carbocycles. The van der Waals surface area contributed by atoms with Gasteiger partial charge in [-0.3, -0.25) is 9.69 Å². The van der Waals surface area contributed by atoms with Gasteiger partial charge in [-0.05, 0) is 25.0 Å². The van der Waals surface area contributed by atoms with E-state index in [1.54, 1.807) is 12.1 Å². The molecule has 1 aromatic carbocycles. The molecule has 3 aromatic rings. The summed E-state index contributed by atoms with van der Waals surface area (Å²) in [5.74, 6) is 1.76. The second-order valence-electron chi connectivity index (χ2n) is 8.27. The summed E-state index contributed by atoms with van der Waals surface area (Å²) in [6.07, 6.45) is 9.19. The fourth-order valence-electron chi connectivity index (χ4n) is 4.65. The summed E-state index contributed by atoms with van der Waals surface area (Å²) in [4.78, 5) is 24.7. The maximum Gasteiger partial charge on any atom is 0.199 e. The van der Waals surface area contributed by atoms with Crippen molar-refractivity contribution in [3.05, 3.63) is 63.3 Å². The number of aromatic nitrogens is 2. The molecule has 0 saturated heterocycles. The van der Waals surface area contributed by atoms with Gasteiger partial charge in [-0.15, -0.1) is 0 Å². The first-order chi connectivity index (χ1) is 14.2. The van der Waals surface area contributed by atoms with E-state index in [9.17, 15) is 4.79 Å². The number of rotatable bonds is 3. The zero-order chi connectivity index (χ0) is 19.8. The third kappa shape index (κ3) is 3.53. The molecular weight excluding hydrogens is 364 g/mol. The summed E-state index contributed by atoms with van der Waals surface area (Å²) in [5, 5.41) is 0.578. The van der Waals surface area contributed by atoms with Crippen molar-refractivity contribution in [3.63, 3.8) is 0 Å². The van der Waals surface area contributed by atoms with E-state index in [0.717, 1.165) is 36.6 Å². The minimum Gasteiger partial charge on any atom is -0.440 e. The van der Waals surface area contributed by atoms with Crippen LogP contribution in [0.4, 0.5) is 5.88 Å². The number of anilines is 1. The van der Waals surface area contributed by atoms with E-state index in [4.69, 9.17) is 20.1 Å². The van der Waals surface area contributed by atoms with Crippen molar-refractivity contribution < 1.29 is 4.42 Å². The summed E-state index contributed by atoms with van der Waals surface area (Å²) in [6, 6.07) is 7.25. The van der Waals surface area contributed by atoms with Gasteiger partial charge in [-0.1, -0.05) is 31.4 Å². The molecule has 150 valence electrons. The van der Waals surface area contributed by atoms with Gasteiger partial charge in [0.25, 0.3) is 0 Å². The van der Waals surface area contributed by atoms with Crippen molar-refractivity contribution in [2.45, 2.75) is 57.5 Å². The van der Waals surface area contributed by atoms with Crippen molar-refractivity contribution in [3.8, 4) is 0 Å². The number of nitrogens with two attached hydrogens (primary N) is 1. The lowest BCUT2D eigenvalue weighted by Gasteiger charge is -2.29. The molecule has 2 aliphatic rings. The molecule has 6 nitrogen and oxygen atoms in total. The third-order valence-electron chi connectivity index (χ3n) is 6.31. The zero-order valence-electron chi connectivity index (χ0n) is 16.6. The number of fused-ring (bicyclic) bond motifs is 2. The smallest absolute Gasteiger partial charge is 0.199 e. The maximum atomic E-state index is 12.9. The van der Waals surface area contributed by atoms with Gasteiger partial charge in [0.1, 0.15) is 11.4 Å². The molecule has 0 spiro atoms. The Kier molecular flexibility index (Phi) is 4.79. The Morgan fingerprint density at radius 2 is 2.00 bits per heavy atom. The lowest BCUT2D eigenvalue weighted by molar-refractivity contribution is 0.240. The summed E-state index contributed by atoms with van der Waals surface area (Å²) in [6.45, 7) is 2.05. The fraction of sp³-hybridized carbons (Fsp3) is 0.435. The van der Waals surface area contributed by atoms with Crippen LogP contribution < -0.4 is 11.2 Å². The predicted molar refractivity (Wildman–Crippen MR) is 113 cm³/mol. The van der Waals surface area contributed by atoms with Gasteiger partial charge in [0.15, 0.2) is 11.3 Å². The Balaban J connectivity index is 1.36. The van der Waals surface area contributed by atoms with Gasteiger partial charge in [-0.25, -0.2) is 9.97 Å². The minimum atomic E-state index is -0.0426. The molecule has 0 atom stereocenters. The maximum absolute atomic E-state index is 12.9. The topological polar surface area (TPSA) is 85.2 Å². The van der Waals surface area contributed by atoms with E-state index < -0.39 is 0 Å². The van der Waals surface area contributed by atoms with Crippen LogP contribution in [-0.4, -0.2) is 21.4 Å². The number of para-hydroxylation sites is 1. The van der Waals surface area contributed by atoms with Crippen LogP contribution in [0.3, 0.4) is 0 Å². The van der Waals surface area contributed by atoms with E-state index in [2.05, 4.69) is 4.90 Å². The van der Waals surface area contributed by atoms with Gasteiger partial charge in [-0.2, -0.15) is 0 Å². The summed E-state index contributed by atoms with van der Waals surface area (Å²) in [5.41, 5.74) is 9.42. The quantitative estimate of drug-likeness (QED) is 0.733. The van der Waals surface area contributed by atoms with Gasteiger partial charge in [0.2, 0.25) is 0 Å². The van der Waals surface area contributed by atoms with Gasteiger partial charge < -0.3 is 10.2 Å².